The predicted molar refractivity (Wildman–Crippen MR) is 108 cm³/mol. The minimum atomic E-state index is -0.204. The molecule has 0 fully saturated rings. The molecule has 1 aliphatic heterocycles. The van der Waals surface area contributed by atoms with Gasteiger partial charge >= 0.3 is 0 Å². The molecule has 0 atom stereocenters. The molecular formula is C21H21BrN2O3. The maximum atomic E-state index is 12.3. The lowest BCUT2D eigenvalue weighted by Gasteiger charge is -2.13. The molecule has 0 radical (unpaired) electrons. The van der Waals surface area contributed by atoms with E-state index in [0.717, 1.165) is 35.8 Å². The van der Waals surface area contributed by atoms with Crippen molar-refractivity contribution in [3.63, 3.8) is 0 Å². The van der Waals surface area contributed by atoms with Gasteiger partial charge in [0.1, 0.15) is 0 Å². The number of halogens is 1. The molecule has 0 aliphatic carbocycles. The highest BCUT2D eigenvalue weighted by molar-refractivity contribution is 9.10. The van der Waals surface area contributed by atoms with Crippen molar-refractivity contribution >= 4 is 39.3 Å². The average Bonchev–Trinajstić information content (AvgIpc) is 2.91. The highest BCUT2D eigenvalue weighted by Gasteiger charge is 2.34. The van der Waals surface area contributed by atoms with Crippen molar-refractivity contribution in [3.05, 3.63) is 64.1 Å². The van der Waals surface area contributed by atoms with Crippen LogP contribution in [0.2, 0.25) is 0 Å². The number of carbonyl (C=O) groups is 3. The molecule has 0 saturated carbocycles. The second kappa shape index (κ2) is 8.95. The zero-order valence-electron chi connectivity index (χ0n) is 14.9. The first-order chi connectivity index (χ1) is 13.1. The third-order valence-electron chi connectivity index (χ3n) is 4.54. The lowest BCUT2D eigenvalue weighted by Crippen LogP contribution is -2.30. The summed E-state index contributed by atoms with van der Waals surface area (Å²) in [5, 5.41) is 2.87. The minimum absolute atomic E-state index is 0.00216. The summed E-state index contributed by atoms with van der Waals surface area (Å²) >= 11 is 3.36. The maximum Gasteiger partial charge on any atom is 0.261 e. The van der Waals surface area contributed by atoms with Gasteiger partial charge in [0.05, 0.1) is 11.1 Å². The van der Waals surface area contributed by atoms with Crippen molar-refractivity contribution in [2.45, 2.75) is 32.1 Å². The van der Waals surface area contributed by atoms with Gasteiger partial charge in [-0.25, -0.2) is 0 Å². The molecule has 6 heteroatoms. The number of hydrogen-bond acceptors (Lipinski definition) is 3. The third-order valence-corrected chi connectivity index (χ3v) is 5.07. The smallest absolute Gasteiger partial charge is 0.261 e. The third kappa shape index (κ3) is 4.83. The minimum Gasteiger partial charge on any atom is -0.326 e. The van der Waals surface area contributed by atoms with Crippen LogP contribution in [-0.4, -0.2) is 29.2 Å². The van der Waals surface area contributed by atoms with Gasteiger partial charge in [-0.1, -0.05) is 40.9 Å². The number of nitrogens with zero attached hydrogens (tertiary/aromatic N) is 1. The van der Waals surface area contributed by atoms with Crippen LogP contribution in [0.25, 0.3) is 0 Å². The SMILES string of the molecule is O=C(CCCCCCN1C(=O)c2ccccc2C1=O)Nc1ccc(Br)cc1. The number of fused-ring (bicyclic) bond motifs is 1. The van der Waals surface area contributed by atoms with Crippen LogP contribution in [-0.2, 0) is 4.79 Å². The van der Waals surface area contributed by atoms with Gasteiger partial charge in [0, 0.05) is 23.1 Å². The Labute approximate surface area is 166 Å². The van der Waals surface area contributed by atoms with Crippen molar-refractivity contribution in [3.8, 4) is 0 Å². The number of imide groups is 1. The molecule has 140 valence electrons. The van der Waals surface area contributed by atoms with Crippen LogP contribution in [0.3, 0.4) is 0 Å². The Morgan fingerprint density at radius 2 is 1.44 bits per heavy atom. The van der Waals surface area contributed by atoms with Gasteiger partial charge in [0.2, 0.25) is 5.91 Å². The van der Waals surface area contributed by atoms with Crippen molar-refractivity contribution in [1.82, 2.24) is 4.90 Å². The Hall–Kier alpha value is -2.47. The molecule has 1 heterocycles. The molecule has 3 amide bonds. The average molecular weight is 429 g/mol. The van der Waals surface area contributed by atoms with Crippen molar-refractivity contribution in [2.75, 3.05) is 11.9 Å². The molecule has 0 aromatic heterocycles. The first-order valence-corrected chi connectivity index (χ1v) is 9.86. The number of anilines is 1. The number of benzene rings is 2. The molecule has 0 saturated heterocycles. The number of amides is 3. The highest BCUT2D eigenvalue weighted by atomic mass is 79.9. The van der Waals surface area contributed by atoms with E-state index in [1.807, 2.05) is 24.3 Å². The monoisotopic (exact) mass is 428 g/mol. The molecule has 2 aromatic rings. The summed E-state index contributed by atoms with van der Waals surface area (Å²) in [5.41, 5.74) is 1.77. The van der Waals surface area contributed by atoms with E-state index in [1.165, 1.54) is 4.90 Å². The van der Waals surface area contributed by atoms with E-state index in [1.54, 1.807) is 24.3 Å². The summed E-state index contributed by atoms with van der Waals surface area (Å²) in [5.74, 6) is -0.411. The highest BCUT2D eigenvalue weighted by Crippen LogP contribution is 2.23. The maximum absolute atomic E-state index is 12.3. The number of rotatable bonds is 8. The van der Waals surface area contributed by atoms with E-state index in [2.05, 4.69) is 21.2 Å². The molecule has 1 N–H and O–H groups in total. The number of unbranched alkanes of at least 4 members (excludes halogenated alkanes) is 3. The van der Waals surface area contributed by atoms with Crippen LogP contribution in [0.15, 0.2) is 53.0 Å². The summed E-state index contributed by atoms with van der Waals surface area (Å²) in [6.07, 6.45) is 3.75. The van der Waals surface area contributed by atoms with Crippen LogP contribution in [0.1, 0.15) is 52.8 Å². The quantitative estimate of drug-likeness (QED) is 0.491. The van der Waals surface area contributed by atoms with Crippen LogP contribution in [0.4, 0.5) is 5.69 Å². The molecule has 0 bridgehead atoms. The van der Waals surface area contributed by atoms with Crippen LogP contribution < -0.4 is 5.32 Å². The fourth-order valence-corrected chi connectivity index (χ4v) is 3.37. The summed E-state index contributed by atoms with van der Waals surface area (Å²) in [6.45, 7) is 0.428. The summed E-state index contributed by atoms with van der Waals surface area (Å²) in [7, 11) is 0. The summed E-state index contributed by atoms with van der Waals surface area (Å²) in [4.78, 5) is 37.8. The van der Waals surface area contributed by atoms with E-state index < -0.39 is 0 Å². The van der Waals surface area contributed by atoms with E-state index in [9.17, 15) is 14.4 Å². The van der Waals surface area contributed by atoms with Crippen molar-refractivity contribution < 1.29 is 14.4 Å². The van der Waals surface area contributed by atoms with Gasteiger partial charge in [0.25, 0.3) is 11.8 Å². The molecular weight excluding hydrogens is 408 g/mol. The first kappa shape index (κ1) is 19.3. The standard InChI is InChI=1S/C21H21BrN2O3/c22-15-10-12-16(13-11-15)23-19(25)9-3-1-2-6-14-24-20(26)17-7-4-5-8-18(17)21(24)27/h4-5,7-8,10-13H,1-3,6,9,14H2,(H,23,25). The van der Waals surface area contributed by atoms with Gasteiger partial charge < -0.3 is 5.32 Å². The molecule has 5 nitrogen and oxygen atoms in total. The molecule has 3 rings (SSSR count). The Morgan fingerprint density at radius 1 is 0.852 bits per heavy atom. The lowest BCUT2D eigenvalue weighted by atomic mass is 10.1. The van der Waals surface area contributed by atoms with Gasteiger partial charge in [-0.15, -0.1) is 0 Å². The molecule has 1 aliphatic rings. The number of nitrogens with one attached hydrogen (secondary N) is 1. The second-order valence-corrected chi connectivity index (χ2v) is 7.44. The molecule has 0 unspecified atom stereocenters. The Morgan fingerprint density at radius 3 is 2.07 bits per heavy atom. The van der Waals surface area contributed by atoms with Crippen molar-refractivity contribution in [2.24, 2.45) is 0 Å². The zero-order chi connectivity index (χ0) is 19.2. The Balaban J connectivity index is 1.33. The van der Waals surface area contributed by atoms with Crippen LogP contribution >= 0.6 is 15.9 Å². The Bertz CT molecular complexity index is 814. The van der Waals surface area contributed by atoms with E-state index in [0.29, 0.717) is 24.1 Å². The number of carbonyl (C=O) groups excluding carboxylic acids is 3. The molecule has 0 spiro atoms. The lowest BCUT2D eigenvalue weighted by molar-refractivity contribution is -0.116. The van der Waals surface area contributed by atoms with Crippen LogP contribution in [0.5, 0.6) is 0 Å². The largest absolute Gasteiger partial charge is 0.326 e. The van der Waals surface area contributed by atoms with E-state index in [-0.39, 0.29) is 17.7 Å². The van der Waals surface area contributed by atoms with E-state index in [4.69, 9.17) is 0 Å². The summed E-state index contributed by atoms with van der Waals surface area (Å²) < 4.78 is 0.971. The molecule has 27 heavy (non-hydrogen) atoms. The van der Waals surface area contributed by atoms with Gasteiger partial charge in [-0.05, 0) is 49.2 Å². The number of hydrogen-bond donors (Lipinski definition) is 1. The van der Waals surface area contributed by atoms with Gasteiger partial charge in [-0.2, -0.15) is 0 Å². The normalized spacial score (nSPS) is 13.0. The fourth-order valence-electron chi connectivity index (χ4n) is 3.11. The second-order valence-electron chi connectivity index (χ2n) is 6.53. The molecule has 2 aromatic carbocycles. The van der Waals surface area contributed by atoms with Gasteiger partial charge in [-0.3, -0.25) is 19.3 Å². The van der Waals surface area contributed by atoms with Gasteiger partial charge in [0.15, 0.2) is 0 Å². The topological polar surface area (TPSA) is 66.5 Å². The zero-order valence-corrected chi connectivity index (χ0v) is 16.5. The fraction of sp³-hybridized carbons (Fsp3) is 0.286. The predicted octanol–water partition coefficient (Wildman–Crippen LogP) is 4.63. The first-order valence-electron chi connectivity index (χ1n) is 9.07. The Kier molecular flexibility index (Phi) is 6.40. The van der Waals surface area contributed by atoms with Crippen molar-refractivity contribution in [1.29, 1.82) is 0 Å². The van der Waals surface area contributed by atoms with E-state index >= 15 is 0 Å². The summed E-state index contributed by atoms with van der Waals surface area (Å²) in [6, 6.07) is 14.4. The van der Waals surface area contributed by atoms with Crippen LogP contribution in [0, 0.1) is 0 Å².